The van der Waals surface area contributed by atoms with Crippen LogP contribution >= 0.6 is 15.8 Å². The molecule has 0 bridgehead atoms. The molecule has 1 radical (unpaired) electrons. The average Bonchev–Trinajstić information content (AvgIpc) is 3.30. The zero-order valence-corrected chi connectivity index (χ0v) is 25.3. The van der Waals surface area contributed by atoms with Crippen molar-refractivity contribution in [1.29, 1.82) is 0 Å². The first-order valence-corrected chi connectivity index (χ1v) is 15.6. The Morgan fingerprint density at radius 3 is 1.11 bits per heavy atom. The number of halogens is 4. The Morgan fingerprint density at radius 1 is 0.667 bits per heavy atom. The smallest absolute Gasteiger partial charge is 0.418 e. The van der Waals surface area contributed by atoms with Crippen LogP contribution in [0.4, 0.5) is 17.3 Å². The fourth-order valence-corrected chi connectivity index (χ4v) is 12.5. The maximum Gasteiger partial charge on any atom is 0.673 e. The number of hydrogen-bond acceptors (Lipinski definition) is 2. The van der Waals surface area contributed by atoms with E-state index in [-0.39, 0.29) is 31.3 Å². The number of carbonyl (C=O) groups excluding carboxylic acids is 2. The van der Waals surface area contributed by atoms with Crippen LogP contribution in [-0.2, 0) is 29.1 Å². The number of hydrogen-bond donors (Lipinski definition) is 0. The van der Waals surface area contributed by atoms with E-state index in [2.05, 4.69) is 52.0 Å². The molecule has 3 aliphatic heterocycles. The summed E-state index contributed by atoms with van der Waals surface area (Å²) in [5, 5.41) is 1.96. The number of allylic oxidation sites excluding steroid dienone is 4. The molecule has 2 amide bonds. The van der Waals surface area contributed by atoms with Gasteiger partial charge >= 0.3 is 7.25 Å². The quantitative estimate of drug-likeness (QED) is 0.101. The van der Waals surface area contributed by atoms with E-state index in [4.69, 9.17) is 0 Å². The molecule has 4 aliphatic rings. The molecule has 0 N–H and O–H groups in total. The Bertz CT molecular complexity index is 754. The Labute approximate surface area is 229 Å². The summed E-state index contributed by atoms with van der Waals surface area (Å²) in [6.07, 6.45) is 18.8. The van der Waals surface area contributed by atoms with Crippen molar-refractivity contribution in [3.8, 4) is 0 Å². The molecule has 0 aromatic rings. The van der Waals surface area contributed by atoms with Crippen molar-refractivity contribution in [3.63, 3.8) is 0 Å². The van der Waals surface area contributed by atoms with Gasteiger partial charge in [0, 0.05) is 26.5 Å². The van der Waals surface area contributed by atoms with Gasteiger partial charge in [-0.3, -0.25) is 14.5 Å². The molecule has 36 heavy (non-hydrogen) atoms. The van der Waals surface area contributed by atoms with E-state index in [0.29, 0.717) is 22.6 Å². The summed E-state index contributed by atoms with van der Waals surface area (Å²) in [6.45, 7) is 9.13. The van der Waals surface area contributed by atoms with Crippen LogP contribution in [0.5, 0.6) is 0 Å². The third-order valence-electron chi connectivity index (χ3n) is 6.99. The first-order valence-electron chi connectivity index (χ1n) is 12.6. The van der Waals surface area contributed by atoms with Gasteiger partial charge in [-0.25, -0.2) is 0 Å². The summed E-state index contributed by atoms with van der Waals surface area (Å²) >= 11 is 0. The SMILES string of the molecule is C1=CCCC=CCC1.CC1CCC(C)P1C1=C(P2C(C)CCC2C)C(=O)N(C)C1=O.F[B-](F)(F)F.[Rh]. The Kier molecular flexibility index (Phi) is 14.3. The first-order chi connectivity index (χ1) is 16.3. The normalized spacial score (nSPS) is 32.3. The summed E-state index contributed by atoms with van der Waals surface area (Å²) in [4.78, 5) is 27.1. The summed E-state index contributed by atoms with van der Waals surface area (Å²) in [5.74, 6) is 0.0565. The van der Waals surface area contributed by atoms with E-state index in [1.807, 2.05) is 0 Å². The van der Waals surface area contributed by atoms with Crippen LogP contribution in [0.2, 0.25) is 0 Å². The van der Waals surface area contributed by atoms with Gasteiger partial charge in [0.1, 0.15) is 0 Å². The molecular weight excluding hydrogens is 598 g/mol. The minimum Gasteiger partial charge on any atom is -0.418 e. The molecule has 0 aromatic carbocycles. The predicted octanol–water partition coefficient (Wildman–Crippen LogP) is 8.27. The minimum atomic E-state index is -6.00. The molecule has 2 fully saturated rings. The fourth-order valence-electron chi connectivity index (χ4n) is 5.21. The number of rotatable bonds is 2. The van der Waals surface area contributed by atoms with E-state index in [1.54, 1.807) is 7.05 Å². The zero-order valence-electron chi connectivity index (χ0n) is 21.9. The van der Waals surface area contributed by atoms with E-state index < -0.39 is 23.1 Å². The van der Waals surface area contributed by atoms with Gasteiger partial charge in [-0.05, 0) is 74.0 Å². The number of imide groups is 1. The summed E-state index contributed by atoms with van der Waals surface area (Å²) < 4.78 is 39.0. The second-order valence-electron chi connectivity index (χ2n) is 9.82. The van der Waals surface area contributed by atoms with Gasteiger partial charge in [0.2, 0.25) is 0 Å². The molecule has 2 saturated heterocycles. The third kappa shape index (κ3) is 9.43. The van der Waals surface area contributed by atoms with Gasteiger partial charge in [-0.1, -0.05) is 67.8 Å². The summed E-state index contributed by atoms with van der Waals surface area (Å²) in [6, 6.07) is 0. The number of amides is 2. The third-order valence-corrected chi connectivity index (χ3v) is 13.9. The van der Waals surface area contributed by atoms with Crippen molar-refractivity contribution >= 4 is 34.9 Å². The van der Waals surface area contributed by atoms with Crippen molar-refractivity contribution in [2.75, 3.05) is 7.05 Å². The summed E-state index contributed by atoms with van der Waals surface area (Å²) in [5.41, 5.74) is 2.34. The fraction of sp³-hybridized carbons (Fsp3) is 0.680. The van der Waals surface area contributed by atoms with Gasteiger partial charge in [-0.2, -0.15) is 0 Å². The van der Waals surface area contributed by atoms with Crippen molar-refractivity contribution in [2.24, 2.45) is 0 Å². The van der Waals surface area contributed by atoms with Crippen LogP contribution < -0.4 is 0 Å². The Balaban J connectivity index is 0.000000383. The van der Waals surface area contributed by atoms with E-state index in [9.17, 15) is 26.9 Å². The average molecular weight is 637 g/mol. The van der Waals surface area contributed by atoms with Crippen molar-refractivity contribution in [2.45, 2.75) is 102 Å². The van der Waals surface area contributed by atoms with Crippen molar-refractivity contribution < 1.29 is 46.3 Å². The predicted molar refractivity (Wildman–Crippen MR) is 142 cm³/mol. The molecule has 0 saturated carbocycles. The van der Waals surface area contributed by atoms with Crippen molar-refractivity contribution in [3.05, 3.63) is 34.9 Å². The van der Waals surface area contributed by atoms with Gasteiger partial charge < -0.3 is 17.3 Å². The largest absolute Gasteiger partial charge is 0.673 e. The minimum absolute atomic E-state index is 0. The van der Waals surface area contributed by atoms with Crippen LogP contribution in [0, 0.1) is 0 Å². The summed E-state index contributed by atoms with van der Waals surface area (Å²) in [7, 11) is -5.26. The van der Waals surface area contributed by atoms with Gasteiger partial charge in [0.25, 0.3) is 11.8 Å². The number of carbonyl (C=O) groups is 2. The molecule has 207 valence electrons. The second-order valence-corrected chi connectivity index (χ2v) is 15.9. The van der Waals surface area contributed by atoms with E-state index in [0.717, 1.165) is 10.6 Å². The van der Waals surface area contributed by atoms with Crippen LogP contribution in [0.3, 0.4) is 0 Å². The molecule has 4 unspecified atom stereocenters. The molecule has 0 aromatic heterocycles. The topological polar surface area (TPSA) is 37.4 Å². The number of nitrogens with zero attached hydrogens (tertiary/aromatic N) is 1. The van der Waals surface area contributed by atoms with Crippen LogP contribution in [-0.4, -0.2) is 53.7 Å². The van der Waals surface area contributed by atoms with Crippen LogP contribution in [0.25, 0.3) is 0 Å². The maximum atomic E-state index is 12.8. The Hall–Kier alpha value is -0.372. The molecule has 0 spiro atoms. The zero-order chi connectivity index (χ0) is 26.3. The monoisotopic (exact) mass is 637 g/mol. The van der Waals surface area contributed by atoms with E-state index in [1.165, 1.54) is 56.3 Å². The second kappa shape index (κ2) is 15.3. The Morgan fingerprint density at radius 2 is 0.889 bits per heavy atom. The van der Waals surface area contributed by atoms with Crippen LogP contribution in [0.1, 0.15) is 79.1 Å². The molecule has 11 heteroatoms. The van der Waals surface area contributed by atoms with E-state index >= 15 is 0 Å². The number of likely N-dealkylation sites (N-methyl/N-ethyl adjacent to an activating group) is 1. The molecule has 3 nitrogen and oxygen atoms in total. The van der Waals surface area contributed by atoms with Gasteiger partial charge in [0.15, 0.2) is 0 Å². The molecule has 4 rings (SSSR count). The van der Waals surface area contributed by atoms with Gasteiger partial charge in [0.05, 0.1) is 10.6 Å². The molecule has 4 atom stereocenters. The standard InChI is InChI=1S/C17H27NO2P2.C8H12.BF4.Rh/c1-10-6-7-11(2)21(10)14-15(17(20)18(5)16(14)19)22-12(3)8-9-13(22)4;1-2-4-6-8-7-5-3-1;2-1(3,4)5;/h10-13H,6-9H2,1-5H3;1-2,7-8H,3-6H2;;/q;;-1;. The molecular formula is C25H39BF4NO2P2Rh-. The molecule has 1 aliphatic carbocycles. The van der Waals surface area contributed by atoms with Gasteiger partial charge in [-0.15, -0.1) is 0 Å². The first kappa shape index (κ1) is 33.7. The van der Waals surface area contributed by atoms with Crippen molar-refractivity contribution in [1.82, 2.24) is 4.90 Å². The van der Waals surface area contributed by atoms with Crippen LogP contribution in [0.15, 0.2) is 34.9 Å². The maximum absolute atomic E-state index is 12.8. The molecule has 3 heterocycles.